The van der Waals surface area contributed by atoms with Gasteiger partial charge in [-0.25, -0.2) is 9.78 Å². The number of nitrogens with one attached hydrogen (secondary N) is 1. The fourth-order valence-corrected chi connectivity index (χ4v) is 2.08. The van der Waals surface area contributed by atoms with E-state index >= 15 is 0 Å². The van der Waals surface area contributed by atoms with E-state index in [9.17, 15) is 4.79 Å². The summed E-state index contributed by atoms with van der Waals surface area (Å²) in [4.78, 5) is 15.4. The quantitative estimate of drug-likeness (QED) is 0.860. The lowest BCUT2D eigenvalue weighted by molar-refractivity contribution is 0.0594. The number of nitrogens with zero attached hydrogens (tertiary/aromatic N) is 1. The molecule has 1 N–H and O–H groups in total. The lowest BCUT2D eigenvalue weighted by Crippen LogP contribution is -2.07. The van der Waals surface area contributed by atoms with Gasteiger partial charge in [0.05, 0.1) is 14.2 Å². The molecule has 5 nitrogen and oxygen atoms in total. The fraction of sp³-hybridized carbons (Fsp3) is 0.200. The Kier molecular flexibility index (Phi) is 5.00. The van der Waals surface area contributed by atoms with Crippen LogP contribution in [-0.4, -0.2) is 25.2 Å². The van der Waals surface area contributed by atoms with Gasteiger partial charge in [-0.05, 0) is 24.3 Å². The molecule has 0 saturated carbocycles. The van der Waals surface area contributed by atoms with Crippen LogP contribution < -0.4 is 10.1 Å². The summed E-state index contributed by atoms with van der Waals surface area (Å²) in [7, 11) is 2.91. The van der Waals surface area contributed by atoms with Crippen molar-refractivity contribution < 1.29 is 14.3 Å². The molecule has 0 bridgehead atoms. The SMILES string of the molecule is COC(=O)c1cc(NCc2c(Cl)cccc2OC)ccn1. The van der Waals surface area contributed by atoms with Crippen LogP contribution in [0.4, 0.5) is 5.69 Å². The van der Waals surface area contributed by atoms with E-state index in [0.717, 1.165) is 11.3 Å². The first-order valence-electron chi connectivity index (χ1n) is 6.25. The molecule has 6 heteroatoms. The standard InChI is InChI=1S/C15H15ClN2O3/c1-20-14-5-3-4-12(16)11(14)9-18-10-6-7-17-13(8-10)15(19)21-2/h3-8H,9H2,1-2H3,(H,17,18). The number of aromatic nitrogens is 1. The third kappa shape index (κ3) is 3.64. The van der Waals surface area contributed by atoms with Crippen molar-refractivity contribution in [2.75, 3.05) is 19.5 Å². The van der Waals surface area contributed by atoms with E-state index in [4.69, 9.17) is 16.3 Å². The van der Waals surface area contributed by atoms with Gasteiger partial charge in [0.15, 0.2) is 0 Å². The maximum absolute atomic E-state index is 11.4. The molecule has 1 aromatic carbocycles. The molecule has 2 aromatic rings. The van der Waals surface area contributed by atoms with E-state index < -0.39 is 5.97 Å². The molecular weight excluding hydrogens is 292 g/mol. The number of pyridine rings is 1. The Morgan fingerprint density at radius 3 is 2.86 bits per heavy atom. The van der Waals surface area contributed by atoms with Crippen molar-refractivity contribution in [3.63, 3.8) is 0 Å². The van der Waals surface area contributed by atoms with Crippen LogP contribution in [0.5, 0.6) is 5.75 Å². The average molecular weight is 307 g/mol. The number of carbonyl (C=O) groups excluding carboxylic acids is 1. The number of esters is 1. The van der Waals surface area contributed by atoms with Crippen LogP contribution in [0.25, 0.3) is 0 Å². The second-order valence-corrected chi connectivity index (χ2v) is 4.60. The smallest absolute Gasteiger partial charge is 0.356 e. The Labute approximate surface area is 127 Å². The number of carbonyl (C=O) groups is 1. The minimum Gasteiger partial charge on any atom is -0.496 e. The summed E-state index contributed by atoms with van der Waals surface area (Å²) in [5.41, 5.74) is 1.83. The van der Waals surface area contributed by atoms with Crippen molar-refractivity contribution in [1.29, 1.82) is 0 Å². The molecule has 21 heavy (non-hydrogen) atoms. The molecule has 0 spiro atoms. The third-order valence-electron chi connectivity index (χ3n) is 2.92. The maximum atomic E-state index is 11.4. The first kappa shape index (κ1) is 15.1. The van der Waals surface area contributed by atoms with Gasteiger partial charge in [0.1, 0.15) is 11.4 Å². The van der Waals surface area contributed by atoms with Crippen molar-refractivity contribution in [3.8, 4) is 5.75 Å². The Balaban J connectivity index is 2.15. The van der Waals surface area contributed by atoms with E-state index in [-0.39, 0.29) is 5.69 Å². The van der Waals surface area contributed by atoms with Gasteiger partial charge < -0.3 is 14.8 Å². The van der Waals surface area contributed by atoms with Crippen LogP contribution in [0.15, 0.2) is 36.5 Å². The molecule has 0 aliphatic rings. The molecule has 1 heterocycles. The minimum atomic E-state index is -0.478. The van der Waals surface area contributed by atoms with Crippen LogP contribution in [-0.2, 0) is 11.3 Å². The second-order valence-electron chi connectivity index (χ2n) is 4.20. The number of hydrogen-bond donors (Lipinski definition) is 1. The van der Waals surface area contributed by atoms with Gasteiger partial charge in [0.2, 0.25) is 0 Å². The van der Waals surface area contributed by atoms with Crippen LogP contribution in [0.3, 0.4) is 0 Å². The molecule has 0 aliphatic heterocycles. The van der Waals surface area contributed by atoms with Gasteiger partial charge >= 0.3 is 5.97 Å². The Bertz CT molecular complexity index is 647. The van der Waals surface area contributed by atoms with E-state index in [1.165, 1.54) is 7.11 Å². The zero-order valence-electron chi connectivity index (χ0n) is 11.7. The van der Waals surface area contributed by atoms with E-state index in [1.807, 2.05) is 12.1 Å². The van der Waals surface area contributed by atoms with Crippen molar-refractivity contribution in [2.24, 2.45) is 0 Å². The number of rotatable bonds is 5. The normalized spacial score (nSPS) is 10.0. The van der Waals surface area contributed by atoms with Crippen LogP contribution in [0.1, 0.15) is 16.1 Å². The van der Waals surface area contributed by atoms with Gasteiger partial charge in [-0.2, -0.15) is 0 Å². The highest BCUT2D eigenvalue weighted by atomic mass is 35.5. The van der Waals surface area contributed by atoms with Gasteiger partial charge in [-0.15, -0.1) is 0 Å². The summed E-state index contributed by atoms with van der Waals surface area (Å²) in [5, 5.41) is 3.80. The van der Waals surface area contributed by atoms with Crippen LogP contribution in [0, 0.1) is 0 Å². The zero-order valence-corrected chi connectivity index (χ0v) is 12.5. The molecule has 0 fully saturated rings. The van der Waals surface area contributed by atoms with Gasteiger partial charge in [-0.1, -0.05) is 17.7 Å². The topological polar surface area (TPSA) is 60.5 Å². The first-order chi connectivity index (χ1) is 10.2. The summed E-state index contributed by atoms with van der Waals surface area (Å²) < 4.78 is 9.92. The summed E-state index contributed by atoms with van der Waals surface area (Å²) in [5.74, 6) is 0.228. The second kappa shape index (κ2) is 6.95. The largest absolute Gasteiger partial charge is 0.496 e. The van der Waals surface area contributed by atoms with Crippen LogP contribution in [0.2, 0.25) is 5.02 Å². The Morgan fingerprint density at radius 1 is 1.33 bits per heavy atom. The summed E-state index contributed by atoms with van der Waals surface area (Å²) in [6, 6.07) is 8.85. The lowest BCUT2D eigenvalue weighted by Gasteiger charge is -2.12. The molecule has 0 saturated heterocycles. The van der Waals surface area contributed by atoms with Crippen molar-refractivity contribution in [1.82, 2.24) is 4.98 Å². The van der Waals surface area contributed by atoms with Gasteiger partial charge in [0, 0.05) is 29.0 Å². The molecule has 0 radical (unpaired) electrons. The highest BCUT2D eigenvalue weighted by Gasteiger charge is 2.10. The zero-order chi connectivity index (χ0) is 15.2. The number of anilines is 1. The van der Waals surface area contributed by atoms with Crippen molar-refractivity contribution in [2.45, 2.75) is 6.54 Å². The van der Waals surface area contributed by atoms with Gasteiger partial charge in [0.25, 0.3) is 0 Å². The van der Waals surface area contributed by atoms with E-state index in [2.05, 4.69) is 15.0 Å². The molecule has 0 atom stereocenters. The number of hydrogen-bond acceptors (Lipinski definition) is 5. The monoisotopic (exact) mass is 306 g/mol. The van der Waals surface area contributed by atoms with Crippen molar-refractivity contribution in [3.05, 3.63) is 52.8 Å². The first-order valence-corrected chi connectivity index (χ1v) is 6.63. The number of halogens is 1. The Morgan fingerprint density at radius 2 is 2.14 bits per heavy atom. The maximum Gasteiger partial charge on any atom is 0.356 e. The molecule has 2 rings (SSSR count). The minimum absolute atomic E-state index is 0.244. The Hall–Kier alpha value is -2.27. The highest BCUT2D eigenvalue weighted by molar-refractivity contribution is 6.31. The molecular formula is C15H15ClN2O3. The number of benzene rings is 1. The van der Waals surface area contributed by atoms with Gasteiger partial charge in [-0.3, -0.25) is 0 Å². The molecule has 0 unspecified atom stereocenters. The molecule has 110 valence electrons. The third-order valence-corrected chi connectivity index (χ3v) is 3.27. The van der Waals surface area contributed by atoms with E-state index in [1.54, 1.807) is 31.5 Å². The summed E-state index contributed by atoms with van der Waals surface area (Å²) in [6.45, 7) is 0.466. The number of ether oxygens (including phenoxy) is 2. The van der Waals surface area contributed by atoms with Crippen LogP contribution >= 0.6 is 11.6 Å². The van der Waals surface area contributed by atoms with Crippen molar-refractivity contribution >= 4 is 23.3 Å². The molecule has 0 amide bonds. The molecule has 0 aliphatic carbocycles. The predicted octanol–water partition coefficient (Wildman–Crippen LogP) is 3.14. The highest BCUT2D eigenvalue weighted by Crippen LogP contribution is 2.27. The fourth-order valence-electron chi connectivity index (χ4n) is 1.85. The van der Waals surface area contributed by atoms with E-state index in [0.29, 0.717) is 17.3 Å². The summed E-state index contributed by atoms with van der Waals surface area (Å²) >= 11 is 6.17. The summed E-state index contributed by atoms with van der Waals surface area (Å²) in [6.07, 6.45) is 1.54. The predicted molar refractivity (Wildman–Crippen MR) is 80.9 cm³/mol. The average Bonchev–Trinajstić information content (AvgIpc) is 2.53. The lowest BCUT2D eigenvalue weighted by atomic mass is 10.2. The number of methoxy groups -OCH3 is 2. The molecule has 1 aromatic heterocycles.